The van der Waals surface area contributed by atoms with Gasteiger partial charge in [0.2, 0.25) is 11.6 Å². The fraction of sp³-hybridized carbons (Fsp3) is 0.667. The van der Waals surface area contributed by atoms with Gasteiger partial charge in [-0.1, -0.05) is 25.0 Å². The quantitative estimate of drug-likeness (QED) is 0.184. The molecule has 1 aromatic carbocycles. The molecule has 0 heterocycles. The first-order chi connectivity index (χ1) is 17.4. The lowest BCUT2D eigenvalue weighted by molar-refractivity contribution is 0.126. The fourth-order valence-corrected chi connectivity index (χ4v) is 5.71. The van der Waals surface area contributed by atoms with Gasteiger partial charge in [-0.05, 0) is 87.2 Å². The van der Waals surface area contributed by atoms with E-state index in [1.54, 1.807) is 0 Å². The van der Waals surface area contributed by atoms with Gasteiger partial charge in [-0.25, -0.2) is 8.78 Å². The molecule has 0 bridgehead atoms. The van der Waals surface area contributed by atoms with Gasteiger partial charge < -0.3 is 9.47 Å². The Morgan fingerprint density at radius 1 is 0.778 bits per heavy atom. The SMILES string of the molecule is C=CCCC1CCC(C(F)CCOc2ccc(OCCC(F)C3CCC(C=C)CC3)c(F)c2F)CC1. The molecule has 202 valence electrons. The van der Waals surface area contributed by atoms with Crippen LogP contribution in [0.5, 0.6) is 11.5 Å². The van der Waals surface area contributed by atoms with Crippen molar-refractivity contribution in [3.05, 3.63) is 49.1 Å². The first-order valence-electron chi connectivity index (χ1n) is 13.7. The van der Waals surface area contributed by atoms with Crippen molar-refractivity contribution in [2.75, 3.05) is 13.2 Å². The zero-order valence-electron chi connectivity index (χ0n) is 21.4. The number of hydrogen-bond acceptors (Lipinski definition) is 2. The van der Waals surface area contributed by atoms with Crippen molar-refractivity contribution in [3.63, 3.8) is 0 Å². The van der Waals surface area contributed by atoms with Crippen molar-refractivity contribution < 1.29 is 27.0 Å². The van der Waals surface area contributed by atoms with Crippen molar-refractivity contribution in [1.82, 2.24) is 0 Å². The maximum absolute atomic E-state index is 14.7. The number of allylic oxidation sites excluding steroid dienone is 2. The molecule has 0 spiro atoms. The van der Waals surface area contributed by atoms with Gasteiger partial charge in [0.05, 0.1) is 13.2 Å². The largest absolute Gasteiger partial charge is 0.490 e. The Hall–Kier alpha value is -1.98. The summed E-state index contributed by atoms with van der Waals surface area (Å²) in [4.78, 5) is 0. The van der Waals surface area contributed by atoms with E-state index in [1.807, 2.05) is 12.2 Å². The van der Waals surface area contributed by atoms with Crippen LogP contribution in [0.15, 0.2) is 37.4 Å². The van der Waals surface area contributed by atoms with Crippen LogP contribution in [0.1, 0.15) is 77.0 Å². The smallest absolute Gasteiger partial charge is 0.204 e. The van der Waals surface area contributed by atoms with Gasteiger partial charge in [0.15, 0.2) is 11.5 Å². The van der Waals surface area contributed by atoms with E-state index >= 15 is 0 Å². The molecule has 2 fully saturated rings. The maximum Gasteiger partial charge on any atom is 0.204 e. The summed E-state index contributed by atoms with van der Waals surface area (Å²) in [6.07, 6.45) is 11.5. The second-order valence-electron chi connectivity index (χ2n) is 10.6. The molecule has 0 amide bonds. The monoisotopic (exact) mass is 510 g/mol. The summed E-state index contributed by atoms with van der Waals surface area (Å²) in [7, 11) is 0. The predicted octanol–water partition coefficient (Wildman–Crippen LogP) is 8.94. The van der Waals surface area contributed by atoms with Gasteiger partial charge in [-0.2, -0.15) is 8.78 Å². The number of halogens is 4. The molecule has 2 nitrogen and oxygen atoms in total. The van der Waals surface area contributed by atoms with E-state index in [0.29, 0.717) is 11.8 Å². The lowest BCUT2D eigenvalue weighted by atomic mass is 9.77. The molecule has 0 radical (unpaired) electrons. The number of hydrogen-bond donors (Lipinski definition) is 0. The second kappa shape index (κ2) is 14.7. The summed E-state index contributed by atoms with van der Waals surface area (Å²) < 4.78 is 68.8. The Labute approximate surface area is 214 Å². The van der Waals surface area contributed by atoms with Gasteiger partial charge >= 0.3 is 0 Å². The molecular weight excluding hydrogens is 468 g/mol. The topological polar surface area (TPSA) is 18.5 Å². The van der Waals surface area contributed by atoms with E-state index < -0.39 is 24.0 Å². The van der Waals surface area contributed by atoms with Crippen LogP contribution in [-0.2, 0) is 0 Å². The molecule has 3 rings (SSSR count). The Morgan fingerprint density at radius 3 is 1.69 bits per heavy atom. The van der Waals surface area contributed by atoms with Gasteiger partial charge in [-0.3, -0.25) is 0 Å². The Morgan fingerprint density at radius 2 is 1.25 bits per heavy atom. The molecular formula is C30H42F4O2. The third-order valence-corrected chi connectivity index (χ3v) is 8.16. The van der Waals surface area contributed by atoms with Crippen molar-refractivity contribution in [1.29, 1.82) is 0 Å². The van der Waals surface area contributed by atoms with Crippen molar-refractivity contribution in [3.8, 4) is 11.5 Å². The molecule has 6 heteroatoms. The molecule has 0 N–H and O–H groups in total. The highest BCUT2D eigenvalue weighted by Crippen LogP contribution is 2.36. The number of rotatable bonds is 14. The molecule has 0 saturated heterocycles. The van der Waals surface area contributed by atoms with Crippen LogP contribution in [0.4, 0.5) is 17.6 Å². The molecule has 2 aliphatic rings. The van der Waals surface area contributed by atoms with E-state index in [4.69, 9.17) is 9.47 Å². The predicted molar refractivity (Wildman–Crippen MR) is 137 cm³/mol. The summed E-state index contributed by atoms with van der Waals surface area (Å²) in [5.41, 5.74) is 0. The first kappa shape index (κ1) is 28.6. The summed E-state index contributed by atoms with van der Waals surface area (Å²) in [6.45, 7) is 7.51. The Balaban J connectivity index is 1.37. The highest BCUT2D eigenvalue weighted by atomic mass is 19.2. The normalized spacial score (nSPS) is 26.1. The summed E-state index contributed by atoms with van der Waals surface area (Å²) >= 11 is 0. The van der Waals surface area contributed by atoms with E-state index in [0.717, 1.165) is 64.2 Å². The van der Waals surface area contributed by atoms with Gasteiger partial charge in [0, 0.05) is 12.8 Å². The van der Waals surface area contributed by atoms with Crippen LogP contribution in [-0.4, -0.2) is 25.6 Å². The van der Waals surface area contributed by atoms with Crippen LogP contribution in [0.25, 0.3) is 0 Å². The standard InChI is InChI=1S/C30H42F4O2/c1-3-5-6-22-9-13-24(14-10-22)26(32)18-20-36-28-16-15-27(29(33)30(28)34)35-19-17-25(31)23-11-7-21(4-2)8-12-23/h3-4,15-16,21-26H,1-2,5-14,17-20H2. The molecule has 1 aromatic rings. The molecule has 36 heavy (non-hydrogen) atoms. The van der Waals surface area contributed by atoms with Gasteiger partial charge in [0.25, 0.3) is 0 Å². The molecule has 0 aliphatic heterocycles. The van der Waals surface area contributed by atoms with E-state index in [2.05, 4.69) is 13.2 Å². The van der Waals surface area contributed by atoms with Gasteiger partial charge in [-0.15, -0.1) is 13.2 Å². The second-order valence-corrected chi connectivity index (χ2v) is 10.6. The lowest BCUT2D eigenvalue weighted by Gasteiger charge is -2.30. The Bertz CT molecular complexity index is 813. The Kier molecular flexibility index (Phi) is 11.7. The van der Waals surface area contributed by atoms with Crippen LogP contribution >= 0.6 is 0 Å². The van der Waals surface area contributed by atoms with Gasteiger partial charge in [0.1, 0.15) is 12.3 Å². The third-order valence-electron chi connectivity index (χ3n) is 8.16. The van der Waals surface area contributed by atoms with Crippen LogP contribution in [0.2, 0.25) is 0 Å². The van der Waals surface area contributed by atoms with Crippen molar-refractivity contribution >= 4 is 0 Å². The first-order valence-corrected chi connectivity index (χ1v) is 13.7. The number of alkyl halides is 2. The molecule has 2 atom stereocenters. The maximum atomic E-state index is 14.7. The lowest BCUT2D eigenvalue weighted by Crippen LogP contribution is -2.24. The van der Waals surface area contributed by atoms with E-state index in [9.17, 15) is 17.6 Å². The summed E-state index contributed by atoms with van der Waals surface area (Å²) in [5.74, 6) is -1.76. The zero-order valence-corrected chi connectivity index (χ0v) is 21.4. The molecule has 2 saturated carbocycles. The van der Waals surface area contributed by atoms with Crippen molar-refractivity contribution in [2.24, 2.45) is 23.7 Å². The average Bonchev–Trinajstić information content (AvgIpc) is 2.91. The van der Waals surface area contributed by atoms with Crippen molar-refractivity contribution in [2.45, 2.75) is 89.4 Å². The third kappa shape index (κ3) is 8.27. The number of ether oxygens (including phenoxy) is 2. The van der Waals surface area contributed by atoms with Crippen LogP contribution in [0.3, 0.4) is 0 Å². The summed E-state index contributed by atoms with van der Waals surface area (Å²) in [5, 5.41) is 0. The molecule has 0 aromatic heterocycles. The fourth-order valence-electron chi connectivity index (χ4n) is 5.71. The highest BCUT2D eigenvalue weighted by molar-refractivity contribution is 5.35. The molecule has 2 unspecified atom stereocenters. The summed E-state index contributed by atoms with van der Waals surface area (Å²) in [6, 6.07) is 2.57. The zero-order chi connectivity index (χ0) is 25.9. The average molecular weight is 511 g/mol. The minimum absolute atomic E-state index is 0.00213. The minimum Gasteiger partial charge on any atom is -0.490 e. The van der Waals surface area contributed by atoms with Crippen LogP contribution < -0.4 is 9.47 Å². The number of benzene rings is 1. The molecule has 2 aliphatic carbocycles. The highest BCUT2D eigenvalue weighted by Gasteiger charge is 2.28. The van der Waals surface area contributed by atoms with Crippen LogP contribution in [0, 0.1) is 35.3 Å². The van der Waals surface area contributed by atoms with E-state index in [1.165, 1.54) is 12.1 Å². The van der Waals surface area contributed by atoms with E-state index in [-0.39, 0.29) is 49.4 Å². The minimum atomic E-state index is -1.16.